The van der Waals surface area contributed by atoms with Gasteiger partial charge in [0.15, 0.2) is 0 Å². The molecule has 2 saturated heterocycles. The first kappa shape index (κ1) is 23.4. The minimum absolute atomic E-state index is 0.0671. The van der Waals surface area contributed by atoms with Gasteiger partial charge in [-0.3, -0.25) is 4.79 Å². The van der Waals surface area contributed by atoms with Gasteiger partial charge in [0, 0.05) is 26.1 Å². The number of hydrogen-bond donors (Lipinski definition) is 0. The van der Waals surface area contributed by atoms with Crippen LogP contribution in [0.1, 0.15) is 54.3 Å². The van der Waals surface area contributed by atoms with E-state index >= 15 is 0 Å². The molecule has 0 spiro atoms. The molecular weight excluding hydrogens is 441 g/mol. The van der Waals surface area contributed by atoms with E-state index in [0.717, 1.165) is 75.1 Å². The van der Waals surface area contributed by atoms with E-state index in [9.17, 15) is 18.0 Å². The van der Waals surface area contributed by atoms with Gasteiger partial charge in [-0.1, -0.05) is 24.3 Å². The average Bonchev–Trinajstić information content (AvgIpc) is 3.13. The monoisotopic (exact) mass is 472 g/mol. The minimum atomic E-state index is -4.34. The van der Waals surface area contributed by atoms with Crippen LogP contribution in [0, 0.1) is 5.92 Å². The third-order valence-corrected chi connectivity index (χ3v) is 7.87. The molecule has 34 heavy (non-hydrogen) atoms. The third kappa shape index (κ3) is 4.48. The maximum Gasteiger partial charge on any atom is 0.416 e. The van der Waals surface area contributed by atoms with Crippen LogP contribution >= 0.6 is 0 Å². The summed E-state index contributed by atoms with van der Waals surface area (Å²) in [5, 5.41) is 0. The van der Waals surface area contributed by atoms with Crippen molar-refractivity contribution >= 4 is 5.91 Å². The van der Waals surface area contributed by atoms with Gasteiger partial charge in [-0.05, 0) is 85.1 Å². The van der Waals surface area contributed by atoms with Crippen LogP contribution in [0.15, 0.2) is 42.5 Å². The van der Waals surface area contributed by atoms with Crippen LogP contribution < -0.4 is 0 Å². The first-order valence-electron chi connectivity index (χ1n) is 12.2. The predicted molar refractivity (Wildman–Crippen MR) is 124 cm³/mol. The molecule has 5 rings (SSSR count). The molecule has 0 saturated carbocycles. The number of carbonyl (C=O) groups excluding carboxylic acids is 1. The van der Waals surface area contributed by atoms with Crippen LogP contribution in [0.2, 0.25) is 0 Å². The van der Waals surface area contributed by atoms with Gasteiger partial charge >= 0.3 is 6.18 Å². The zero-order chi connectivity index (χ0) is 23.9. The van der Waals surface area contributed by atoms with E-state index in [-0.39, 0.29) is 17.9 Å². The fourth-order valence-corrected chi connectivity index (χ4v) is 5.93. The van der Waals surface area contributed by atoms with Crippen molar-refractivity contribution in [1.29, 1.82) is 0 Å². The maximum absolute atomic E-state index is 13.5. The van der Waals surface area contributed by atoms with Crippen LogP contribution in [-0.2, 0) is 15.7 Å². The van der Waals surface area contributed by atoms with E-state index in [1.54, 1.807) is 7.11 Å². The lowest BCUT2D eigenvalue weighted by Crippen LogP contribution is -2.45. The molecule has 4 nitrogen and oxygen atoms in total. The second-order valence-electron chi connectivity index (χ2n) is 9.80. The number of rotatable bonds is 5. The molecule has 0 radical (unpaired) electrons. The smallest absolute Gasteiger partial charge is 0.383 e. The molecule has 2 atom stereocenters. The SMILES string of the molecule is COCCN1CCC(C(=O)N2CCC3C[C@H]2c2cc(-c4ccc(C(F)(F)F)cc4)ccc23)CC1. The zero-order valence-corrected chi connectivity index (χ0v) is 19.5. The molecular formula is C27H31F3N2O2. The number of alkyl halides is 3. The molecule has 2 aromatic rings. The van der Waals surface area contributed by atoms with Crippen molar-refractivity contribution in [2.24, 2.45) is 5.92 Å². The Morgan fingerprint density at radius 2 is 1.68 bits per heavy atom. The van der Waals surface area contributed by atoms with E-state index in [0.29, 0.717) is 12.5 Å². The summed E-state index contributed by atoms with van der Waals surface area (Å²) in [6.45, 7) is 4.26. The predicted octanol–water partition coefficient (Wildman–Crippen LogP) is 5.49. The number of nitrogens with zero attached hydrogens (tertiary/aromatic N) is 2. The Bertz CT molecular complexity index is 1030. The van der Waals surface area contributed by atoms with Gasteiger partial charge in [-0.2, -0.15) is 13.2 Å². The van der Waals surface area contributed by atoms with Crippen LogP contribution in [0.25, 0.3) is 11.1 Å². The average molecular weight is 473 g/mol. The number of ether oxygens (including phenoxy) is 1. The lowest BCUT2D eigenvalue weighted by atomic mass is 9.91. The molecule has 1 unspecified atom stereocenters. The molecule has 2 aliphatic heterocycles. The highest BCUT2D eigenvalue weighted by Crippen LogP contribution is 2.50. The highest BCUT2D eigenvalue weighted by molar-refractivity contribution is 5.80. The number of fused-ring (bicyclic) bond motifs is 5. The summed E-state index contributed by atoms with van der Waals surface area (Å²) in [5.74, 6) is 0.793. The Balaban J connectivity index is 1.33. The van der Waals surface area contributed by atoms with Gasteiger partial charge in [0.05, 0.1) is 18.2 Å². The third-order valence-electron chi connectivity index (χ3n) is 7.87. The number of hydrogen-bond acceptors (Lipinski definition) is 3. The lowest BCUT2D eigenvalue weighted by Gasteiger charge is -2.39. The number of halogens is 3. The molecule has 182 valence electrons. The van der Waals surface area contributed by atoms with E-state index < -0.39 is 11.7 Å². The van der Waals surface area contributed by atoms with Gasteiger partial charge < -0.3 is 14.5 Å². The highest BCUT2D eigenvalue weighted by Gasteiger charge is 2.42. The van der Waals surface area contributed by atoms with Crippen LogP contribution in [0.4, 0.5) is 13.2 Å². The molecule has 2 bridgehead atoms. The van der Waals surface area contributed by atoms with Crippen molar-refractivity contribution in [3.63, 3.8) is 0 Å². The van der Waals surface area contributed by atoms with Crippen LogP contribution in [0.3, 0.4) is 0 Å². The molecule has 1 amide bonds. The van der Waals surface area contributed by atoms with Crippen molar-refractivity contribution < 1.29 is 22.7 Å². The summed E-state index contributed by atoms with van der Waals surface area (Å²) < 4.78 is 44.0. The summed E-state index contributed by atoms with van der Waals surface area (Å²) in [6.07, 6.45) is -0.651. The van der Waals surface area contributed by atoms with Crippen LogP contribution in [-0.4, -0.2) is 55.6 Å². The van der Waals surface area contributed by atoms with Crippen molar-refractivity contribution in [2.75, 3.05) is 39.9 Å². The summed E-state index contributed by atoms with van der Waals surface area (Å²) in [6, 6.07) is 11.6. The minimum Gasteiger partial charge on any atom is -0.383 e. The number of piperidine rings is 2. The van der Waals surface area contributed by atoms with Gasteiger partial charge in [0.1, 0.15) is 0 Å². The van der Waals surface area contributed by atoms with E-state index in [1.165, 1.54) is 23.3 Å². The second-order valence-corrected chi connectivity index (χ2v) is 9.80. The Kier molecular flexibility index (Phi) is 6.42. The molecule has 7 heteroatoms. The van der Waals surface area contributed by atoms with E-state index in [4.69, 9.17) is 4.74 Å². The number of carbonyl (C=O) groups is 1. The zero-order valence-electron chi connectivity index (χ0n) is 19.5. The maximum atomic E-state index is 13.5. The largest absolute Gasteiger partial charge is 0.416 e. The summed E-state index contributed by atoms with van der Waals surface area (Å²) in [4.78, 5) is 18.0. The number of likely N-dealkylation sites (tertiary alicyclic amines) is 2. The van der Waals surface area contributed by atoms with Gasteiger partial charge in [-0.25, -0.2) is 0 Å². The van der Waals surface area contributed by atoms with Gasteiger partial charge in [-0.15, -0.1) is 0 Å². The fourth-order valence-electron chi connectivity index (χ4n) is 5.93. The lowest BCUT2D eigenvalue weighted by molar-refractivity contribution is -0.141. The molecule has 2 aromatic carbocycles. The Morgan fingerprint density at radius 1 is 0.971 bits per heavy atom. The molecule has 3 aliphatic rings. The van der Waals surface area contributed by atoms with Crippen molar-refractivity contribution in [3.05, 3.63) is 59.2 Å². The molecule has 2 fully saturated rings. The topological polar surface area (TPSA) is 32.8 Å². The Morgan fingerprint density at radius 3 is 2.35 bits per heavy atom. The second kappa shape index (κ2) is 9.34. The van der Waals surface area contributed by atoms with Crippen molar-refractivity contribution in [2.45, 2.75) is 43.8 Å². The standard InChI is InChI=1S/C27H31F3N2O2/c1-34-15-14-31-11-8-19(9-12-31)26(33)32-13-10-21-17-25(32)24-16-20(4-7-23(21)24)18-2-5-22(6-3-18)27(28,29)30/h2-7,16,19,21,25H,8-15,17H2,1H3/t21?,25-/m0/s1. The fraction of sp³-hybridized carbons (Fsp3) is 0.519. The first-order valence-corrected chi connectivity index (χ1v) is 12.2. The van der Waals surface area contributed by atoms with E-state index in [1.807, 2.05) is 6.07 Å². The Hall–Kier alpha value is -2.38. The Labute approximate surface area is 198 Å². The van der Waals surface area contributed by atoms with Crippen LogP contribution in [0.5, 0.6) is 0 Å². The quantitative estimate of drug-likeness (QED) is 0.577. The van der Waals surface area contributed by atoms with Gasteiger partial charge in [0.2, 0.25) is 5.91 Å². The van der Waals surface area contributed by atoms with Crippen molar-refractivity contribution in [1.82, 2.24) is 9.80 Å². The molecule has 1 aliphatic carbocycles. The molecule has 0 aromatic heterocycles. The number of amides is 1. The van der Waals surface area contributed by atoms with E-state index in [2.05, 4.69) is 21.9 Å². The van der Waals surface area contributed by atoms with Gasteiger partial charge in [0.25, 0.3) is 0 Å². The number of methoxy groups -OCH3 is 1. The summed E-state index contributed by atoms with van der Waals surface area (Å²) in [5.41, 5.74) is 3.49. The summed E-state index contributed by atoms with van der Waals surface area (Å²) in [7, 11) is 1.71. The normalized spacial score (nSPS) is 23.2. The summed E-state index contributed by atoms with van der Waals surface area (Å²) >= 11 is 0. The first-order chi connectivity index (χ1) is 16.3. The highest BCUT2D eigenvalue weighted by atomic mass is 19.4. The number of benzene rings is 2. The van der Waals surface area contributed by atoms with Crippen molar-refractivity contribution in [3.8, 4) is 11.1 Å². The molecule has 2 heterocycles. The molecule has 0 N–H and O–H groups in total.